The van der Waals surface area contributed by atoms with E-state index < -0.39 is 0 Å². The Morgan fingerprint density at radius 1 is 1.35 bits per heavy atom. The maximum atomic E-state index is 14.0. The molecule has 1 aliphatic heterocycles. The molecule has 1 aromatic rings. The smallest absolute Gasteiger partial charge is 0.224 e. The molecule has 0 spiro atoms. The lowest BCUT2D eigenvalue weighted by molar-refractivity contribution is -0.116. The first-order valence-electron chi connectivity index (χ1n) is 5.93. The molecule has 2 nitrogen and oxygen atoms in total. The summed E-state index contributed by atoms with van der Waals surface area (Å²) in [6.07, 6.45) is 0.474. The average Bonchev–Trinajstić information content (AvgIpc) is 2.13. The van der Waals surface area contributed by atoms with Gasteiger partial charge in [-0.15, -0.1) is 0 Å². The summed E-state index contributed by atoms with van der Waals surface area (Å²) in [4.78, 5) is 11.4. The molecule has 0 aromatic heterocycles. The molecule has 1 amide bonds. The second-order valence-corrected chi connectivity index (χ2v) is 5.82. The number of hydrogen-bond acceptors (Lipinski definition) is 1. The SMILES string of the molecule is CC1CC(=O)Nc2cc(F)c(C(C)(C)C)cc21. The maximum Gasteiger partial charge on any atom is 0.224 e. The van der Waals surface area contributed by atoms with Gasteiger partial charge in [0.1, 0.15) is 5.82 Å². The number of amides is 1. The molecule has 0 aliphatic carbocycles. The standard InChI is InChI=1S/C14H18FNO/c1-8-5-13(17)16-12-7-11(15)10(6-9(8)12)14(2,3)4/h6-8H,5H2,1-4H3,(H,16,17). The van der Waals surface area contributed by atoms with Crippen LogP contribution in [0.2, 0.25) is 0 Å². The van der Waals surface area contributed by atoms with Crippen LogP contribution in [0.3, 0.4) is 0 Å². The summed E-state index contributed by atoms with van der Waals surface area (Å²) < 4.78 is 14.0. The highest BCUT2D eigenvalue weighted by atomic mass is 19.1. The molecule has 1 N–H and O–H groups in total. The Kier molecular flexibility index (Phi) is 2.72. The van der Waals surface area contributed by atoms with Crippen LogP contribution in [-0.2, 0) is 10.2 Å². The average molecular weight is 235 g/mol. The van der Waals surface area contributed by atoms with E-state index in [9.17, 15) is 9.18 Å². The second-order valence-electron chi connectivity index (χ2n) is 5.82. The zero-order valence-corrected chi connectivity index (χ0v) is 10.7. The number of anilines is 1. The van der Waals surface area contributed by atoms with Gasteiger partial charge in [-0.2, -0.15) is 0 Å². The monoisotopic (exact) mass is 235 g/mol. The lowest BCUT2D eigenvalue weighted by atomic mass is 9.82. The highest BCUT2D eigenvalue weighted by Gasteiger charge is 2.26. The molecule has 0 saturated carbocycles. The van der Waals surface area contributed by atoms with Crippen LogP contribution in [-0.4, -0.2) is 5.91 Å². The number of fused-ring (bicyclic) bond motifs is 1. The first kappa shape index (κ1) is 12.1. The molecule has 1 aliphatic rings. The van der Waals surface area contributed by atoms with Gasteiger partial charge in [0.05, 0.1) is 0 Å². The molecule has 1 atom stereocenters. The molecule has 1 aromatic carbocycles. The molecule has 0 saturated heterocycles. The van der Waals surface area contributed by atoms with E-state index in [4.69, 9.17) is 0 Å². The summed E-state index contributed by atoms with van der Waals surface area (Å²) >= 11 is 0. The van der Waals surface area contributed by atoms with Crippen molar-refractivity contribution in [1.29, 1.82) is 0 Å². The lowest BCUT2D eigenvalue weighted by Crippen LogP contribution is -2.23. The molecule has 2 rings (SSSR count). The predicted octanol–water partition coefficient (Wildman–Crippen LogP) is 3.57. The van der Waals surface area contributed by atoms with Crippen molar-refractivity contribution in [3.05, 3.63) is 29.1 Å². The van der Waals surface area contributed by atoms with Crippen molar-refractivity contribution in [3.8, 4) is 0 Å². The van der Waals surface area contributed by atoms with E-state index in [0.29, 0.717) is 17.7 Å². The fraction of sp³-hybridized carbons (Fsp3) is 0.500. The predicted molar refractivity (Wildman–Crippen MR) is 66.8 cm³/mol. The van der Waals surface area contributed by atoms with Gasteiger partial charge < -0.3 is 5.32 Å². The van der Waals surface area contributed by atoms with Gasteiger partial charge in [0, 0.05) is 12.1 Å². The zero-order chi connectivity index (χ0) is 12.8. The van der Waals surface area contributed by atoms with Crippen molar-refractivity contribution in [2.24, 2.45) is 0 Å². The minimum atomic E-state index is -0.245. The van der Waals surface area contributed by atoms with Crippen molar-refractivity contribution in [2.45, 2.75) is 45.4 Å². The first-order valence-corrected chi connectivity index (χ1v) is 5.93. The first-order chi connectivity index (χ1) is 7.79. The quantitative estimate of drug-likeness (QED) is 0.731. The minimum Gasteiger partial charge on any atom is -0.326 e. The van der Waals surface area contributed by atoms with Crippen LogP contribution in [0.15, 0.2) is 12.1 Å². The summed E-state index contributed by atoms with van der Waals surface area (Å²) in [6, 6.07) is 3.35. The number of benzene rings is 1. The van der Waals surface area contributed by atoms with E-state index in [1.165, 1.54) is 6.07 Å². The molecule has 0 bridgehead atoms. The molecule has 17 heavy (non-hydrogen) atoms. The van der Waals surface area contributed by atoms with Gasteiger partial charge in [0.2, 0.25) is 5.91 Å². The summed E-state index contributed by atoms with van der Waals surface area (Å²) in [5.74, 6) is -0.126. The van der Waals surface area contributed by atoms with Crippen molar-refractivity contribution in [3.63, 3.8) is 0 Å². The number of hydrogen-bond donors (Lipinski definition) is 1. The van der Waals surface area contributed by atoms with E-state index in [0.717, 1.165) is 5.56 Å². The van der Waals surface area contributed by atoms with E-state index in [-0.39, 0.29) is 23.1 Å². The fourth-order valence-electron chi connectivity index (χ4n) is 2.27. The highest BCUT2D eigenvalue weighted by Crippen LogP contribution is 2.36. The number of halogens is 1. The van der Waals surface area contributed by atoms with Crippen molar-refractivity contribution in [1.82, 2.24) is 0 Å². The van der Waals surface area contributed by atoms with Crippen LogP contribution in [0, 0.1) is 5.82 Å². The van der Waals surface area contributed by atoms with Gasteiger partial charge in [-0.3, -0.25) is 4.79 Å². The van der Waals surface area contributed by atoms with Crippen molar-refractivity contribution in [2.75, 3.05) is 5.32 Å². The molecular formula is C14H18FNO. The Balaban J connectivity index is 2.56. The maximum absolute atomic E-state index is 14.0. The Morgan fingerprint density at radius 3 is 2.59 bits per heavy atom. The molecule has 92 valence electrons. The molecule has 3 heteroatoms. The third kappa shape index (κ3) is 2.19. The Labute approximate surface area is 101 Å². The summed E-state index contributed by atoms with van der Waals surface area (Å²) in [6.45, 7) is 7.97. The highest BCUT2D eigenvalue weighted by molar-refractivity contribution is 5.94. The van der Waals surface area contributed by atoms with Crippen LogP contribution < -0.4 is 5.32 Å². The van der Waals surface area contributed by atoms with Crippen molar-refractivity contribution < 1.29 is 9.18 Å². The van der Waals surface area contributed by atoms with E-state index in [1.807, 2.05) is 33.8 Å². The molecular weight excluding hydrogens is 217 g/mol. The van der Waals surface area contributed by atoms with Gasteiger partial charge in [-0.1, -0.05) is 33.8 Å². The zero-order valence-electron chi connectivity index (χ0n) is 10.7. The Morgan fingerprint density at radius 2 is 2.00 bits per heavy atom. The lowest BCUT2D eigenvalue weighted by Gasteiger charge is -2.27. The molecule has 1 heterocycles. The van der Waals surface area contributed by atoms with E-state index >= 15 is 0 Å². The van der Waals surface area contributed by atoms with Gasteiger partial charge in [0.25, 0.3) is 0 Å². The van der Waals surface area contributed by atoms with Gasteiger partial charge in [-0.05, 0) is 28.5 Å². The normalized spacial score (nSPS) is 19.8. The van der Waals surface area contributed by atoms with Crippen LogP contribution in [0.1, 0.15) is 51.2 Å². The van der Waals surface area contributed by atoms with Gasteiger partial charge >= 0.3 is 0 Å². The summed E-state index contributed by atoms with van der Waals surface area (Å²) in [7, 11) is 0. The third-order valence-corrected chi connectivity index (χ3v) is 3.24. The Hall–Kier alpha value is -1.38. The molecule has 1 unspecified atom stereocenters. The third-order valence-electron chi connectivity index (χ3n) is 3.24. The van der Waals surface area contributed by atoms with Gasteiger partial charge in [0.15, 0.2) is 0 Å². The minimum absolute atomic E-state index is 0.0343. The van der Waals surface area contributed by atoms with Crippen LogP contribution in [0.5, 0.6) is 0 Å². The van der Waals surface area contributed by atoms with E-state index in [1.54, 1.807) is 0 Å². The topological polar surface area (TPSA) is 29.1 Å². The fourth-order valence-corrected chi connectivity index (χ4v) is 2.27. The van der Waals surface area contributed by atoms with Crippen LogP contribution in [0.25, 0.3) is 0 Å². The summed E-state index contributed by atoms with van der Waals surface area (Å²) in [5.41, 5.74) is 2.15. The number of nitrogens with one attached hydrogen (secondary N) is 1. The number of carbonyl (C=O) groups is 1. The summed E-state index contributed by atoms with van der Waals surface area (Å²) in [5, 5.41) is 2.73. The van der Waals surface area contributed by atoms with Crippen LogP contribution >= 0.6 is 0 Å². The van der Waals surface area contributed by atoms with Crippen LogP contribution in [0.4, 0.5) is 10.1 Å². The van der Waals surface area contributed by atoms with Gasteiger partial charge in [-0.25, -0.2) is 4.39 Å². The second kappa shape index (κ2) is 3.83. The molecule has 0 fully saturated rings. The Bertz CT molecular complexity index is 474. The number of rotatable bonds is 0. The number of carbonyl (C=O) groups excluding carboxylic acids is 1. The molecule has 0 radical (unpaired) electrons. The van der Waals surface area contributed by atoms with E-state index in [2.05, 4.69) is 5.32 Å². The van der Waals surface area contributed by atoms with Crippen molar-refractivity contribution >= 4 is 11.6 Å². The largest absolute Gasteiger partial charge is 0.326 e.